The predicted octanol–water partition coefficient (Wildman–Crippen LogP) is 5.18. The third kappa shape index (κ3) is 5.36. The van der Waals surface area contributed by atoms with E-state index in [1.165, 1.54) is 17.3 Å². The van der Waals surface area contributed by atoms with E-state index in [4.69, 9.17) is 16.0 Å². The zero-order chi connectivity index (χ0) is 19.9. The van der Waals surface area contributed by atoms with Crippen molar-refractivity contribution in [2.75, 3.05) is 6.54 Å². The third-order valence-corrected chi connectivity index (χ3v) is 5.62. The summed E-state index contributed by atoms with van der Waals surface area (Å²) in [6, 6.07) is 17.4. The number of nitrogens with zero attached hydrogens (tertiary/aromatic N) is 2. The van der Waals surface area contributed by atoms with E-state index in [1.807, 2.05) is 37.3 Å². The molecule has 0 bridgehead atoms. The SMILES string of the molecule is CC[C@@H](CNC(=O)[C@@H](C)Sc1nnc(-c2ccc(Cl)cc2)o1)c1ccccc1. The van der Waals surface area contributed by atoms with Crippen LogP contribution in [0.25, 0.3) is 11.5 Å². The highest BCUT2D eigenvalue weighted by Gasteiger charge is 2.20. The largest absolute Gasteiger partial charge is 0.411 e. The number of benzene rings is 2. The van der Waals surface area contributed by atoms with Crippen molar-refractivity contribution >= 4 is 29.3 Å². The van der Waals surface area contributed by atoms with Gasteiger partial charge in [-0.1, -0.05) is 60.6 Å². The highest BCUT2D eigenvalue weighted by atomic mass is 35.5. The summed E-state index contributed by atoms with van der Waals surface area (Å²) in [4.78, 5) is 12.5. The van der Waals surface area contributed by atoms with Crippen LogP contribution in [0.5, 0.6) is 0 Å². The maximum absolute atomic E-state index is 12.5. The summed E-state index contributed by atoms with van der Waals surface area (Å²) in [5.74, 6) is 0.648. The van der Waals surface area contributed by atoms with Gasteiger partial charge in [0.15, 0.2) is 0 Å². The molecule has 0 aliphatic heterocycles. The van der Waals surface area contributed by atoms with E-state index < -0.39 is 0 Å². The smallest absolute Gasteiger partial charge is 0.277 e. The van der Waals surface area contributed by atoms with Crippen LogP contribution >= 0.6 is 23.4 Å². The average molecular weight is 416 g/mol. The Kier molecular flexibility index (Phi) is 7.12. The first-order valence-electron chi connectivity index (χ1n) is 9.15. The van der Waals surface area contributed by atoms with Crippen molar-refractivity contribution in [1.29, 1.82) is 0 Å². The normalized spacial score (nSPS) is 13.1. The number of carbonyl (C=O) groups is 1. The number of rotatable bonds is 8. The summed E-state index contributed by atoms with van der Waals surface area (Å²) in [7, 11) is 0. The molecule has 0 unspecified atom stereocenters. The Labute approximate surface area is 173 Å². The van der Waals surface area contributed by atoms with Gasteiger partial charge in [-0.3, -0.25) is 4.79 Å². The Balaban J connectivity index is 1.55. The maximum Gasteiger partial charge on any atom is 0.277 e. The Morgan fingerprint density at radius 1 is 1.14 bits per heavy atom. The second kappa shape index (κ2) is 9.75. The monoisotopic (exact) mass is 415 g/mol. The molecule has 28 heavy (non-hydrogen) atoms. The van der Waals surface area contributed by atoms with Gasteiger partial charge < -0.3 is 9.73 Å². The van der Waals surface area contributed by atoms with Gasteiger partial charge in [-0.05, 0) is 43.2 Å². The number of thioether (sulfide) groups is 1. The number of nitrogens with one attached hydrogen (secondary N) is 1. The summed E-state index contributed by atoms with van der Waals surface area (Å²) in [5.41, 5.74) is 2.02. The van der Waals surface area contributed by atoms with Gasteiger partial charge in [0.25, 0.3) is 5.22 Å². The molecule has 0 aliphatic carbocycles. The van der Waals surface area contributed by atoms with Gasteiger partial charge in [0.05, 0.1) is 5.25 Å². The Hall–Kier alpha value is -2.31. The lowest BCUT2D eigenvalue weighted by molar-refractivity contribution is -0.120. The summed E-state index contributed by atoms with van der Waals surface area (Å²) < 4.78 is 5.66. The van der Waals surface area contributed by atoms with E-state index in [1.54, 1.807) is 12.1 Å². The molecule has 3 rings (SSSR count). The third-order valence-electron chi connectivity index (χ3n) is 4.43. The maximum atomic E-state index is 12.5. The Bertz CT molecular complexity index is 900. The van der Waals surface area contributed by atoms with Gasteiger partial charge in [-0.25, -0.2) is 0 Å². The first-order chi connectivity index (χ1) is 13.6. The molecule has 0 fully saturated rings. The van der Waals surface area contributed by atoms with Crippen LogP contribution in [-0.2, 0) is 4.79 Å². The second-order valence-electron chi connectivity index (χ2n) is 6.40. The minimum atomic E-state index is -0.341. The van der Waals surface area contributed by atoms with E-state index in [0.29, 0.717) is 28.6 Å². The number of aromatic nitrogens is 2. The van der Waals surface area contributed by atoms with Crippen LogP contribution in [0.15, 0.2) is 64.2 Å². The van der Waals surface area contributed by atoms with Gasteiger partial charge in [0.1, 0.15) is 0 Å². The fourth-order valence-corrected chi connectivity index (χ4v) is 3.60. The quantitative estimate of drug-likeness (QED) is 0.513. The lowest BCUT2D eigenvalue weighted by Gasteiger charge is -2.17. The molecule has 1 N–H and O–H groups in total. The highest BCUT2D eigenvalue weighted by molar-refractivity contribution is 8.00. The Morgan fingerprint density at radius 2 is 1.86 bits per heavy atom. The van der Waals surface area contributed by atoms with Crippen LogP contribution in [-0.4, -0.2) is 27.9 Å². The van der Waals surface area contributed by atoms with Crippen molar-refractivity contribution in [3.05, 3.63) is 65.2 Å². The van der Waals surface area contributed by atoms with Crippen molar-refractivity contribution < 1.29 is 9.21 Å². The van der Waals surface area contributed by atoms with Gasteiger partial charge >= 0.3 is 0 Å². The molecule has 0 radical (unpaired) electrons. The van der Waals surface area contributed by atoms with Crippen molar-refractivity contribution in [3.63, 3.8) is 0 Å². The molecule has 7 heteroatoms. The molecule has 146 valence electrons. The van der Waals surface area contributed by atoms with E-state index in [0.717, 1.165) is 12.0 Å². The molecule has 0 aliphatic rings. The average Bonchev–Trinajstić information content (AvgIpc) is 3.18. The molecule has 0 saturated heterocycles. The number of hydrogen-bond donors (Lipinski definition) is 1. The molecule has 0 spiro atoms. The lowest BCUT2D eigenvalue weighted by atomic mass is 9.96. The zero-order valence-corrected chi connectivity index (χ0v) is 17.3. The summed E-state index contributed by atoms with van der Waals surface area (Å²) in [6.07, 6.45) is 0.958. The standard InChI is InChI=1S/C21H22ClN3O2S/c1-3-15(16-7-5-4-6-8-16)13-23-19(26)14(2)28-21-25-24-20(27-21)17-9-11-18(22)12-10-17/h4-12,14-15H,3,13H2,1-2H3,(H,23,26)/t14-,15+/m1/s1. The van der Waals surface area contributed by atoms with Crippen molar-refractivity contribution in [1.82, 2.24) is 15.5 Å². The van der Waals surface area contributed by atoms with E-state index in [-0.39, 0.29) is 11.2 Å². The Morgan fingerprint density at radius 3 is 2.54 bits per heavy atom. The molecule has 1 amide bonds. The van der Waals surface area contributed by atoms with Gasteiger partial charge in [0.2, 0.25) is 11.8 Å². The van der Waals surface area contributed by atoms with Crippen LogP contribution in [0.3, 0.4) is 0 Å². The fourth-order valence-electron chi connectivity index (χ4n) is 2.76. The summed E-state index contributed by atoms with van der Waals surface area (Å²) in [6.45, 7) is 4.55. The van der Waals surface area contributed by atoms with Crippen LogP contribution in [0.2, 0.25) is 5.02 Å². The van der Waals surface area contributed by atoms with Crippen LogP contribution in [0.1, 0.15) is 31.7 Å². The number of hydrogen-bond acceptors (Lipinski definition) is 5. The first-order valence-corrected chi connectivity index (χ1v) is 10.4. The molecular formula is C21H22ClN3O2S. The van der Waals surface area contributed by atoms with Gasteiger partial charge in [-0.2, -0.15) is 0 Å². The molecule has 2 aromatic carbocycles. The van der Waals surface area contributed by atoms with Crippen molar-refractivity contribution in [3.8, 4) is 11.5 Å². The minimum absolute atomic E-state index is 0.0503. The van der Waals surface area contributed by atoms with Crippen LogP contribution < -0.4 is 5.32 Å². The zero-order valence-electron chi connectivity index (χ0n) is 15.8. The summed E-state index contributed by atoms with van der Waals surface area (Å²) >= 11 is 7.14. The predicted molar refractivity (Wildman–Crippen MR) is 113 cm³/mol. The van der Waals surface area contributed by atoms with Gasteiger partial charge in [0, 0.05) is 23.0 Å². The molecule has 5 nitrogen and oxygen atoms in total. The van der Waals surface area contributed by atoms with E-state index in [2.05, 4.69) is 34.6 Å². The van der Waals surface area contributed by atoms with Crippen molar-refractivity contribution in [2.45, 2.75) is 36.7 Å². The second-order valence-corrected chi connectivity index (χ2v) is 8.13. The van der Waals surface area contributed by atoms with E-state index in [9.17, 15) is 4.79 Å². The fraction of sp³-hybridized carbons (Fsp3) is 0.286. The van der Waals surface area contributed by atoms with Crippen molar-refractivity contribution in [2.24, 2.45) is 0 Å². The molecule has 3 aromatic rings. The van der Waals surface area contributed by atoms with Crippen LogP contribution in [0, 0.1) is 0 Å². The number of amides is 1. The first kappa shape index (κ1) is 20.4. The molecule has 1 heterocycles. The lowest BCUT2D eigenvalue weighted by Crippen LogP contribution is -2.34. The number of halogens is 1. The molecule has 1 aromatic heterocycles. The summed E-state index contributed by atoms with van der Waals surface area (Å²) in [5, 5.41) is 11.8. The number of carbonyl (C=O) groups excluding carboxylic acids is 1. The van der Waals surface area contributed by atoms with Gasteiger partial charge in [-0.15, -0.1) is 10.2 Å². The highest BCUT2D eigenvalue weighted by Crippen LogP contribution is 2.27. The minimum Gasteiger partial charge on any atom is -0.411 e. The molecular weight excluding hydrogens is 394 g/mol. The van der Waals surface area contributed by atoms with E-state index >= 15 is 0 Å². The topological polar surface area (TPSA) is 68.0 Å². The molecule has 2 atom stereocenters. The molecule has 0 saturated carbocycles. The van der Waals surface area contributed by atoms with Crippen LogP contribution in [0.4, 0.5) is 0 Å².